The van der Waals surface area contributed by atoms with Crippen molar-refractivity contribution < 1.29 is 17.2 Å². The van der Waals surface area contributed by atoms with E-state index in [0.29, 0.717) is 6.42 Å². The van der Waals surface area contributed by atoms with E-state index >= 15 is 0 Å². The van der Waals surface area contributed by atoms with Crippen LogP contribution in [0.3, 0.4) is 0 Å². The third kappa shape index (κ3) is 3.22. The van der Waals surface area contributed by atoms with Gasteiger partial charge in [0.25, 0.3) is 0 Å². The number of anilines is 1. The number of halogens is 2. The van der Waals surface area contributed by atoms with Crippen LogP contribution in [-0.2, 0) is 10.0 Å². The third-order valence-corrected chi connectivity index (χ3v) is 4.70. The normalized spacial score (nSPS) is 12.4. The number of benzene rings is 1. The van der Waals surface area contributed by atoms with Crippen LogP contribution in [0.1, 0.15) is 27.2 Å². The van der Waals surface area contributed by atoms with E-state index in [9.17, 15) is 17.2 Å². The Bertz CT molecular complexity index is 559. The zero-order valence-corrected chi connectivity index (χ0v) is 12.0. The number of nitrogen functional groups attached to an aromatic ring is 1. The molecule has 2 N–H and O–H groups in total. The van der Waals surface area contributed by atoms with Crippen molar-refractivity contribution in [3.63, 3.8) is 0 Å². The highest BCUT2D eigenvalue weighted by Crippen LogP contribution is 2.25. The molecule has 0 unspecified atom stereocenters. The van der Waals surface area contributed by atoms with Crippen molar-refractivity contribution in [1.82, 2.24) is 4.31 Å². The molecule has 4 nitrogen and oxygen atoms in total. The molecule has 0 fully saturated rings. The summed E-state index contributed by atoms with van der Waals surface area (Å²) >= 11 is 0. The smallest absolute Gasteiger partial charge is 0.246 e. The van der Waals surface area contributed by atoms with Crippen LogP contribution >= 0.6 is 0 Å². The fraction of sp³-hybridized carbons (Fsp3) is 0.500. The molecule has 0 aliphatic heterocycles. The Morgan fingerprint density at radius 3 is 2.37 bits per heavy atom. The standard InChI is InChI=1S/C12H18F2N2O2S/c1-4-5-16(8(2)3)19(17,18)11-7-9(15)6-10(13)12(11)14/h6-8H,4-5,15H2,1-3H3. The number of nitrogens with zero attached hydrogens (tertiary/aromatic N) is 1. The van der Waals surface area contributed by atoms with Gasteiger partial charge in [0.15, 0.2) is 11.6 Å². The monoisotopic (exact) mass is 292 g/mol. The van der Waals surface area contributed by atoms with E-state index in [1.807, 2.05) is 0 Å². The summed E-state index contributed by atoms with van der Waals surface area (Å²) in [5.74, 6) is -2.66. The molecule has 0 spiro atoms. The number of rotatable bonds is 5. The summed E-state index contributed by atoms with van der Waals surface area (Å²) in [5.41, 5.74) is 5.26. The predicted molar refractivity (Wildman–Crippen MR) is 70.1 cm³/mol. The van der Waals surface area contributed by atoms with Gasteiger partial charge in [-0.1, -0.05) is 6.92 Å². The van der Waals surface area contributed by atoms with Crippen LogP contribution in [0.5, 0.6) is 0 Å². The van der Waals surface area contributed by atoms with E-state index in [-0.39, 0.29) is 18.3 Å². The van der Waals surface area contributed by atoms with Gasteiger partial charge >= 0.3 is 0 Å². The van der Waals surface area contributed by atoms with E-state index in [1.54, 1.807) is 20.8 Å². The van der Waals surface area contributed by atoms with Gasteiger partial charge in [0.05, 0.1) is 0 Å². The van der Waals surface area contributed by atoms with Crippen LogP contribution in [0.4, 0.5) is 14.5 Å². The first-order valence-electron chi connectivity index (χ1n) is 5.98. The molecule has 0 radical (unpaired) electrons. The lowest BCUT2D eigenvalue weighted by Crippen LogP contribution is -2.38. The van der Waals surface area contributed by atoms with E-state index in [4.69, 9.17) is 5.73 Å². The Labute approximate surface area is 112 Å². The molecule has 0 aliphatic carbocycles. The molecule has 0 atom stereocenters. The summed E-state index contributed by atoms with van der Waals surface area (Å²) in [6, 6.07) is 1.35. The van der Waals surface area contributed by atoms with Gasteiger partial charge in [0.2, 0.25) is 10.0 Å². The first kappa shape index (κ1) is 15.8. The highest BCUT2D eigenvalue weighted by molar-refractivity contribution is 7.89. The largest absolute Gasteiger partial charge is 0.399 e. The van der Waals surface area contributed by atoms with Crippen molar-refractivity contribution >= 4 is 15.7 Å². The number of nitrogens with two attached hydrogens (primary N) is 1. The molecule has 0 bridgehead atoms. The molecule has 1 aromatic rings. The molecule has 1 aromatic carbocycles. The summed E-state index contributed by atoms with van der Waals surface area (Å²) in [4.78, 5) is -0.716. The molecule has 0 aromatic heterocycles. The van der Waals surface area contributed by atoms with Gasteiger partial charge < -0.3 is 5.73 Å². The Morgan fingerprint density at radius 1 is 1.32 bits per heavy atom. The number of hydrogen-bond donors (Lipinski definition) is 1. The van der Waals surface area contributed by atoms with Crippen LogP contribution < -0.4 is 5.73 Å². The van der Waals surface area contributed by atoms with Gasteiger partial charge in [0.1, 0.15) is 4.90 Å². The van der Waals surface area contributed by atoms with Crippen LogP contribution in [0, 0.1) is 11.6 Å². The molecular weight excluding hydrogens is 274 g/mol. The molecule has 0 heterocycles. The molecule has 0 saturated heterocycles. The Kier molecular flexibility index (Phi) is 4.86. The highest BCUT2D eigenvalue weighted by Gasteiger charge is 2.30. The molecule has 1 rings (SSSR count). The summed E-state index contributed by atoms with van der Waals surface area (Å²) < 4.78 is 52.8. The zero-order valence-electron chi connectivity index (χ0n) is 11.2. The van der Waals surface area contributed by atoms with E-state index in [0.717, 1.165) is 16.4 Å². The topological polar surface area (TPSA) is 63.4 Å². The molecule has 19 heavy (non-hydrogen) atoms. The fourth-order valence-corrected chi connectivity index (χ4v) is 3.61. The van der Waals surface area contributed by atoms with Gasteiger partial charge in [-0.2, -0.15) is 4.31 Å². The first-order valence-corrected chi connectivity index (χ1v) is 7.42. The lowest BCUT2D eigenvalue weighted by atomic mass is 10.3. The quantitative estimate of drug-likeness (QED) is 0.847. The van der Waals surface area contributed by atoms with Gasteiger partial charge in [0, 0.05) is 18.3 Å². The highest BCUT2D eigenvalue weighted by atomic mass is 32.2. The van der Waals surface area contributed by atoms with Gasteiger partial charge in [-0.3, -0.25) is 0 Å². The average molecular weight is 292 g/mol. The number of hydrogen-bond acceptors (Lipinski definition) is 3. The second-order valence-corrected chi connectivity index (χ2v) is 6.38. The maximum Gasteiger partial charge on any atom is 0.246 e. The van der Waals surface area contributed by atoms with Gasteiger partial charge in [-0.05, 0) is 32.4 Å². The Balaban J connectivity index is 3.41. The van der Waals surface area contributed by atoms with Crippen LogP contribution in [0.2, 0.25) is 0 Å². The van der Waals surface area contributed by atoms with Crippen LogP contribution in [0.15, 0.2) is 17.0 Å². The minimum absolute atomic E-state index is 0.127. The SMILES string of the molecule is CCCN(C(C)C)S(=O)(=O)c1cc(N)cc(F)c1F. The Hall–Kier alpha value is -1.21. The van der Waals surface area contributed by atoms with Crippen molar-refractivity contribution in [1.29, 1.82) is 0 Å². The van der Waals surface area contributed by atoms with Crippen molar-refractivity contribution in [3.05, 3.63) is 23.8 Å². The molecule has 7 heteroatoms. The summed E-state index contributed by atoms with van der Waals surface area (Å²) in [5, 5.41) is 0. The third-order valence-electron chi connectivity index (χ3n) is 2.62. The fourth-order valence-electron chi connectivity index (χ4n) is 1.77. The zero-order chi connectivity index (χ0) is 14.8. The lowest BCUT2D eigenvalue weighted by molar-refractivity contribution is 0.351. The second kappa shape index (κ2) is 5.83. The minimum Gasteiger partial charge on any atom is -0.399 e. The first-order chi connectivity index (χ1) is 8.71. The maximum absolute atomic E-state index is 13.7. The van der Waals surface area contributed by atoms with Crippen molar-refractivity contribution in [2.75, 3.05) is 12.3 Å². The lowest BCUT2D eigenvalue weighted by Gasteiger charge is -2.25. The molecule has 0 saturated carbocycles. The Morgan fingerprint density at radius 2 is 1.89 bits per heavy atom. The molecule has 0 aliphatic rings. The number of sulfonamides is 1. The molecular formula is C12H18F2N2O2S. The van der Waals surface area contributed by atoms with Crippen LogP contribution in [-0.4, -0.2) is 25.3 Å². The predicted octanol–water partition coefficient (Wildman–Crippen LogP) is 2.36. The van der Waals surface area contributed by atoms with E-state index in [2.05, 4.69) is 0 Å². The van der Waals surface area contributed by atoms with Crippen molar-refractivity contribution in [2.45, 2.75) is 38.1 Å². The maximum atomic E-state index is 13.7. The van der Waals surface area contributed by atoms with Crippen molar-refractivity contribution in [3.8, 4) is 0 Å². The van der Waals surface area contributed by atoms with E-state index < -0.39 is 26.6 Å². The average Bonchev–Trinajstić information content (AvgIpc) is 2.29. The summed E-state index contributed by atoms with van der Waals surface area (Å²) in [6.07, 6.45) is 0.573. The van der Waals surface area contributed by atoms with Crippen molar-refractivity contribution in [2.24, 2.45) is 0 Å². The van der Waals surface area contributed by atoms with Gasteiger partial charge in [-0.25, -0.2) is 17.2 Å². The summed E-state index contributed by atoms with van der Waals surface area (Å²) in [6.45, 7) is 5.39. The minimum atomic E-state index is -4.10. The molecule has 108 valence electrons. The van der Waals surface area contributed by atoms with E-state index in [1.165, 1.54) is 0 Å². The van der Waals surface area contributed by atoms with Gasteiger partial charge in [-0.15, -0.1) is 0 Å². The second-order valence-electron chi connectivity index (χ2n) is 4.52. The van der Waals surface area contributed by atoms with Crippen LogP contribution in [0.25, 0.3) is 0 Å². The molecule has 0 amide bonds. The summed E-state index contributed by atoms with van der Waals surface area (Å²) in [7, 11) is -4.10.